The molecule has 8 heteroatoms. The summed E-state index contributed by atoms with van der Waals surface area (Å²) in [4.78, 5) is 22.0. The highest BCUT2D eigenvalue weighted by Crippen LogP contribution is 2.24. The Bertz CT molecular complexity index is 1160. The van der Waals surface area contributed by atoms with E-state index in [4.69, 9.17) is 10.2 Å². The molecule has 0 aliphatic rings. The Morgan fingerprint density at radius 3 is 2.23 bits per heavy atom. The number of nitrogens with zero attached hydrogens (tertiary/aromatic N) is 5. The number of rotatable bonds is 6. The largest absolute Gasteiger partial charge is 0.414 e. The van der Waals surface area contributed by atoms with Crippen LogP contribution < -0.4 is 5.73 Å². The van der Waals surface area contributed by atoms with Gasteiger partial charge in [0.15, 0.2) is 11.5 Å². The fraction of sp³-hybridized carbons (Fsp3) is 0.174. The number of carbonyl (C=O) groups excluding carboxylic acids is 1. The van der Waals surface area contributed by atoms with Crippen LogP contribution in [0.25, 0.3) is 17.2 Å². The molecule has 1 amide bonds. The molecule has 0 saturated carbocycles. The molecular formula is C23H24N6O2. The maximum atomic E-state index is 12.1. The van der Waals surface area contributed by atoms with Gasteiger partial charge in [-0.1, -0.05) is 29.8 Å². The van der Waals surface area contributed by atoms with Crippen molar-refractivity contribution in [2.75, 3.05) is 14.1 Å². The highest BCUT2D eigenvalue weighted by atomic mass is 16.4. The van der Waals surface area contributed by atoms with Gasteiger partial charge in [-0.25, -0.2) is 9.98 Å². The highest BCUT2D eigenvalue weighted by Gasteiger charge is 2.16. The Morgan fingerprint density at radius 2 is 1.65 bits per heavy atom. The monoisotopic (exact) mass is 416 g/mol. The van der Waals surface area contributed by atoms with Crippen molar-refractivity contribution in [2.24, 2.45) is 15.7 Å². The summed E-state index contributed by atoms with van der Waals surface area (Å²) in [6.07, 6.45) is 0. The number of nitrogens with two attached hydrogens (primary N) is 1. The third-order valence-electron chi connectivity index (χ3n) is 4.57. The normalized spacial score (nSPS) is 12.3. The SMILES string of the molecule is C=N/C(N)=C(\N=C(/C)c1ccc(C(=O)N(C)C)cc1)c1nnc(-c2ccc(C)cc2)o1. The number of carbonyl (C=O) groups is 1. The zero-order valence-electron chi connectivity index (χ0n) is 18.0. The van der Waals surface area contributed by atoms with E-state index < -0.39 is 0 Å². The third-order valence-corrected chi connectivity index (χ3v) is 4.57. The first-order valence-corrected chi connectivity index (χ1v) is 9.55. The van der Waals surface area contributed by atoms with Crippen molar-refractivity contribution < 1.29 is 9.21 Å². The Labute approximate surface area is 180 Å². The van der Waals surface area contributed by atoms with Crippen molar-refractivity contribution in [3.63, 3.8) is 0 Å². The van der Waals surface area contributed by atoms with E-state index in [-0.39, 0.29) is 23.3 Å². The van der Waals surface area contributed by atoms with Crippen LogP contribution in [0.3, 0.4) is 0 Å². The second kappa shape index (κ2) is 9.17. The van der Waals surface area contributed by atoms with Crippen LogP contribution in [0.2, 0.25) is 0 Å². The van der Waals surface area contributed by atoms with Gasteiger partial charge in [0, 0.05) is 30.9 Å². The van der Waals surface area contributed by atoms with E-state index in [0.29, 0.717) is 17.2 Å². The van der Waals surface area contributed by atoms with Crippen LogP contribution in [0.4, 0.5) is 0 Å². The summed E-state index contributed by atoms with van der Waals surface area (Å²) in [5, 5.41) is 8.19. The Balaban J connectivity index is 1.94. The van der Waals surface area contributed by atoms with Crippen molar-refractivity contribution >= 4 is 24.0 Å². The molecule has 158 valence electrons. The summed E-state index contributed by atoms with van der Waals surface area (Å²) in [6, 6.07) is 14.8. The Hall–Kier alpha value is -4.07. The lowest BCUT2D eigenvalue weighted by atomic mass is 10.1. The van der Waals surface area contributed by atoms with Gasteiger partial charge < -0.3 is 15.1 Å². The van der Waals surface area contributed by atoms with Crippen LogP contribution in [0.5, 0.6) is 0 Å². The first-order chi connectivity index (χ1) is 14.8. The lowest BCUT2D eigenvalue weighted by Gasteiger charge is -2.10. The first kappa shape index (κ1) is 21.6. The van der Waals surface area contributed by atoms with Gasteiger partial charge in [-0.2, -0.15) is 0 Å². The average Bonchev–Trinajstić information content (AvgIpc) is 3.26. The standard InChI is InChI=1S/C23H24N6O2/c1-14-6-8-17(9-7-14)21-27-28-22(31-21)19(20(24)25-3)26-15(2)16-10-12-18(13-11-16)23(30)29(4)5/h6-13H,3,24H2,1-2,4-5H3/b20-19-,26-15+. The van der Waals surface area contributed by atoms with Crippen molar-refractivity contribution in [3.05, 3.63) is 76.9 Å². The molecule has 3 rings (SSSR count). The molecule has 0 saturated heterocycles. The summed E-state index contributed by atoms with van der Waals surface area (Å²) in [7, 11) is 3.42. The van der Waals surface area contributed by atoms with Crippen molar-refractivity contribution in [1.82, 2.24) is 15.1 Å². The molecule has 31 heavy (non-hydrogen) atoms. The van der Waals surface area contributed by atoms with Crippen molar-refractivity contribution in [1.29, 1.82) is 0 Å². The van der Waals surface area contributed by atoms with Crippen LogP contribution in [0, 0.1) is 6.92 Å². The maximum absolute atomic E-state index is 12.1. The second-order valence-corrected chi connectivity index (χ2v) is 7.14. The molecule has 2 N–H and O–H groups in total. The average molecular weight is 416 g/mol. The Kier molecular flexibility index (Phi) is 6.40. The van der Waals surface area contributed by atoms with E-state index in [0.717, 1.165) is 16.7 Å². The fourth-order valence-corrected chi connectivity index (χ4v) is 2.77. The maximum Gasteiger partial charge on any atom is 0.270 e. The number of hydrogen-bond donors (Lipinski definition) is 1. The van der Waals surface area contributed by atoms with E-state index >= 15 is 0 Å². The Morgan fingerprint density at radius 1 is 1.03 bits per heavy atom. The molecule has 8 nitrogen and oxygen atoms in total. The van der Waals surface area contributed by atoms with Gasteiger partial charge in [0.2, 0.25) is 5.89 Å². The lowest BCUT2D eigenvalue weighted by molar-refractivity contribution is 0.0827. The van der Waals surface area contributed by atoms with Crippen molar-refractivity contribution in [3.8, 4) is 11.5 Å². The molecule has 0 aliphatic heterocycles. The van der Waals surface area contributed by atoms with Gasteiger partial charge in [-0.05, 0) is 50.4 Å². The molecular weight excluding hydrogens is 392 g/mol. The molecule has 0 aliphatic carbocycles. The summed E-state index contributed by atoms with van der Waals surface area (Å²) < 4.78 is 5.80. The molecule has 1 aromatic heterocycles. The molecule has 1 heterocycles. The van der Waals surface area contributed by atoms with Crippen molar-refractivity contribution in [2.45, 2.75) is 13.8 Å². The van der Waals surface area contributed by atoms with E-state index in [1.54, 1.807) is 26.2 Å². The molecule has 0 radical (unpaired) electrons. The molecule has 0 unspecified atom stereocenters. The zero-order chi connectivity index (χ0) is 22.5. The smallest absolute Gasteiger partial charge is 0.270 e. The van der Waals surface area contributed by atoms with E-state index in [2.05, 4.69) is 26.9 Å². The highest BCUT2D eigenvalue weighted by molar-refractivity contribution is 6.02. The second-order valence-electron chi connectivity index (χ2n) is 7.14. The van der Waals surface area contributed by atoms with Crippen LogP contribution in [-0.2, 0) is 0 Å². The molecule has 0 spiro atoms. The predicted molar refractivity (Wildman–Crippen MR) is 122 cm³/mol. The number of aryl methyl sites for hydroxylation is 1. The first-order valence-electron chi connectivity index (χ1n) is 9.55. The summed E-state index contributed by atoms with van der Waals surface area (Å²) in [5.41, 5.74) is 10.2. The minimum Gasteiger partial charge on any atom is -0.414 e. The van der Waals surface area contributed by atoms with Crippen LogP contribution in [0.1, 0.15) is 34.3 Å². The lowest BCUT2D eigenvalue weighted by Crippen LogP contribution is -2.21. The number of aliphatic imine (C=N–C) groups is 2. The summed E-state index contributed by atoms with van der Waals surface area (Å²) in [5.74, 6) is 0.484. The van der Waals surface area contributed by atoms with Crippen LogP contribution >= 0.6 is 0 Å². The number of hydrogen-bond acceptors (Lipinski definition) is 7. The zero-order valence-corrected chi connectivity index (χ0v) is 18.0. The van der Waals surface area contributed by atoms with Gasteiger partial charge in [-0.3, -0.25) is 4.79 Å². The van der Waals surface area contributed by atoms with Gasteiger partial charge >= 0.3 is 0 Å². The van der Waals surface area contributed by atoms with Gasteiger partial charge in [-0.15, -0.1) is 10.2 Å². The van der Waals surface area contributed by atoms with Crippen LogP contribution in [0.15, 0.2) is 68.8 Å². The van der Waals surface area contributed by atoms with Gasteiger partial charge in [0.1, 0.15) is 0 Å². The molecule has 0 fully saturated rings. The van der Waals surface area contributed by atoms with Crippen LogP contribution in [-0.4, -0.2) is 47.5 Å². The quantitative estimate of drug-likeness (QED) is 0.618. The number of amides is 1. The van der Waals surface area contributed by atoms with E-state index in [1.165, 1.54) is 4.90 Å². The molecule has 0 bridgehead atoms. The topological polar surface area (TPSA) is 110 Å². The number of benzene rings is 2. The molecule has 3 aromatic rings. The minimum absolute atomic E-state index is 0.0675. The van der Waals surface area contributed by atoms with E-state index in [9.17, 15) is 4.79 Å². The van der Waals surface area contributed by atoms with E-state index in [1.807, 2.05) is 50.2 Å². The predicted octanol–water partition coefficient (Wildman–Crippen LogP) is 3.54. The summed E-state index contributed by atoms with van der Waals surface area (Å²) >= 11 is 0. The molecule has 0 atom stereocenters. The molecule has 2 aromatic carbocycles. The number of aromatic nitrogens is 2. The van der Waals surface area contributed by atoms with Gasteiger partial charge in [0.25, 0.3) is 11.8 Å². The summed E-state index contributed by atoms with van der Waals surface area (Å²) in [6.45, 7) is 7.29. The third kappa shape index (κ3) is 4.92. The minimum atomic E-state index is -0.0728. The van der Waals surface area contributed by atoms with Gasteiger partial charge in [0.05, 0.1) is 0 Å². The fourth-order valence-electron chi connectivity index (χ4n) is 2.77.